The van der Waals surface area contributed by atoms with Crippen molar-refractivity contribution in [2.75, 3.05) is 19.7 Å². The predicted octanol–water partition coefficient (Wildman–Crippen LogP) is 2.02. The summed E-state index contributed by atoms with van der Waals surface area (Å²) in [7, 11) is -3.49. The number of hydrogen-bond acceptors (Lipinski definition) is 7. The summed E-state index contributed by atoms with van der Waals surface area (Å²) >= 11 is 1.21. The fourth-order valence-electron chi connectivity index (χ4n) is 2.14. The molecule has 2 aromatic heterocycles. The van der Waals surface area contributed by atoms with Gasteiger partial charge >= 0.3 is 0 Å². The second-order valence-corrected chi connectivity index (χ2v) is 8.40. The average molecular weight is 343 g/mol. The van der Waals surface area contributed by atoms with E-state index in [2.05, 4.69) is 10.2 Å². The average Bonchev–Trinajstić information content (AvgIpc) is 3.19. The van der Waals surface area contributed by atoms with E-state index in [0.29, 0.717) is 29.1 Å². The Hall–Kier alpha value is -1.29. The molecule has 0 radical (unpaired) electrons. The second kappa shape index (κ2) is 6.07. The maximum Gasteiger partial charge on any atom is 0.252 e. The highest BCUT2D eigenvalue weighted by atomic mass is 32.2. The van der Waals surface area contributed by atoms with Gasteiger partial charge in [-0.15, -0.1) is 21.5 Å². The Bertz CT molecular complexity index is 724. The highest BCUT2D eigenvalue weighted by Crippen LogP contribution is 2.28. The zero-order valence-corrected chi connectivity index (χ0v) is 13.9. The molecule has 1 fully saturated rings. The number of thiophene rings is 1. The van der Waals surface area contributed by atoms with Crippen LogP contribution in [0.1, 0.15) is 37.7 Å². The summed E-state index contributed by atoms with van der Waals surface area (Å²) in [6.07, 6.45) is -0.525. The van der Waals surface area contributed by atoms with E-state index in [1.54, 1.807) is 17.5 Å². The van der Waals surface area contributed by atoms with Crippen molar-refractivity contribution in [3.8, 4) is 0 Å². The van der Waals surface area contributed by atoms with Crippen molar-refractivity contribution in [1.82, 2.24) is 14.5 Å². The zero-order chi connectivity index (χ0) is 15.7. The lowest BCUT2D eigenvalue weighted by molar-refractivity contribution is -0.0178. The fraction of sp³-hybridized carbons (Fsp3) is 0.538. The molecule has 9 heteroatoms. The highest BCUT2D eigenvalue weighted by Gasteiger charge is 2.34. The lowest BCUT2D eigenvalue weighted by Gasteiger charge is -2.29. The molecule has 3 rings (SSSR count). The monoisotopic (exact) mass is 343 g/mol. The highest BCUT2D eigenvalue weighted by molar-refractivity contribution is 7.91. The minimum atomic E-state index is -3.49. The third-order valence-electron chi connectivity index (χ3n) is 3.34. The molecule has 1 saturated heterocycles. The molecule has 22 heavy (non-hydrogen) atoms. The van der Waals surface area contributed by atoms with Crippen LogP contribution in [0.4, 0.5) is 0 Å². The standard InChI is InChI=1S/C13H17N3O4S2/c1-9(2)12-14-15-13(20-12)10-8-16(5-6-19-10)22(17,18)11-4-3-7-21-11/h3-4,7,9-10H,5-6,8H2,1-2H3/t10-/m0/s1. The molecule has 0 saturated carbocycles. The third-order valence-corrected chi connectivity index (χ3v) is 6.58. The number of ether oxygens (including phenoxy) is 1. The summed E-state index contributed by atoms with van der Waals surface area (Å²) < 4.78 is 38.0. The maximum absolute atomic E-state index is 12.6. The summed E-state index contributed by atoms with van der Waals surface area (Å²) in [5.74, 6) is 0.974. The molecular formula is C13H17N3O4S2. The van der Waals surface area contributed by atoms with Crippen LogP contribution in [-0.4, -0.2) is 42.6 Å². The molecule has 2 aromatic rings. The Morgan fingerprint density at radius 2 is 2.23 bits per heavy atom. The van der Waals surface area contributed by atoms with Crippen molar-refractivity contribution in [3.63, 3.8) is 0 Å². The molecule has 0 spiro atoms. The van der Waals surface area contributed by atoms with Gasteiger partial charge in [-0.3, -0.25) is 0 Å². The molecule has 1 aliphatic heterocycles. The van der Waals surface area contributed by atoms with Crippen LogP contribution in [0.25, 0.3) is 0 Å². The molecule has 3 heterocycles. The van der Waals surface area contributed by atoms with Gasteiger partial charge in [0.25, 0.3) is 10.0 Å². The van der Waals surface area contributed by atoms with Crippen molar-refractivity contribution in [2.45, 2.75) is 30.1 Å². The van der Waals surface area contributed by atoms with Crippen LogP contribution >= 0.6 is 11.3 Å². The Balaban J connectivity index is 1.79. The smallest absolute Gasteiger partial charge is 0.252 e. The molecule has 1 atom stereocenters. The van der Waals surface area contributed by atoms with E-state index in [-0.39, 0.29) is 12.5 Å². The van der Waals surface area contributed by atoms with Gasteiger partial charge in [-0.25, -0.2) is 8.42 Å². The Labute approximate surface area is 133 Å². The first-order valence-electron chi connectivity index (χ1n) is 6.97. The first-order chi connectivity index (χ1) is 10.5. The van der Waals surface area contributed by atoms with E-state index >= 15 is 0 Å². The van der Waals surface area contributed by atoms with E-state index in [9.17, 15) is 8.42 Å². The van der Waals surface area contributed by atoms with Crippen molar-refractivity contribution >= 4 is 21.4 Å². The van der Waals surface area contributed by atoms with E-state index in [1.165, 1.54) is 15.6 Å². The van der Waals surface area contributed by atoms with Gasteiger partial charge in [0.2, 0.25) is 11.8 Å². The Kier molecular flexibility index (Phi) is 4.31. The summed E-state index contributed by atoms with van der Waals surface area (Å²) in [4.78, 5) is 0. The van der Waals surface area contributed by atoms with Crippen LogP contribution in [0, 0.1) is 0 Å². The second-order valence-electron chi connectivity index (χ2n) is 5.29. The number of rotatable bonds is 4. The minimum absolute atomic E-state index is 0.121. The molecule has 120 valence electrons. The van der Waals surface area contributed by atoms with Gasteiger partial charge in [0.05, 0.1) is 6.61 Å². The van der Waals surface area contributed by atoms with Crippen LogP contribution in [-0.2, 0) is 14.8 Å². The van der Waals surface area contributed by atoms with Gasteiger partial charge in [-0.2, -0.15) is 4.31 Å². The summed E-state index contributed by atoms with van der Waals surface area (Å²) in [6.45, 7) is 4.70. The summed E-state index contributed by atoms with van der Waals surface area (Å²) in [5, 5.41) is 9.69. The summed E-state index contributed by atoms with van der Waals surface area (Å²) in [5.41, 5.74) is 0. The normalized spacial score (nSPS) is 20.6. The van der Waals surface area contributed by atoms with E-state index < -0.39 is 16.1 Å². The van der Waals surface area contributed by atoms with Gasteiger partial charge < -0.3 is 9.15 Å². The van der Waals surface area contributed by atoms with Crippen molar-refractivity contribution in [3.05, 3.63) is 29.3 Å². The Morgan fingerprint density at radius 1 is 1.41 bits per heavy atom. The summed E-state index contributed by atoms with van der Waals surface area (Å²) in [6, 6.07) is 3.33. The van der Waals surface area contributed by atoms with E-state index in [1.807, 2.05) is 13.8 Å². The molecule has 0 unspecified atom stereocenters. The molecule has 0 amide bonds. The third kappa shape index (κ3) is 2.94. The number of aromatic nitrogens is 2. The minimum Gasteiger partial charge on any atom is -0.422 e. The first-order valence-corrected chi connectivity index (χ1v) is 9.29. The van der Waals surface area contributed by atoms with Crippen molar-refractivity contribution < 1.29 is 17.6 Å². The van der Waals surface area contributed by atoms with E-state index in [0.717, 1.165) is 0 Å². The van der Waals surface area contributed by atoms with Gasteiger partial charge in [0, 0.05) is 19.0 Å². The molecule has 7 nitrogen and oxygen atoms in total. The lowest BCUT2D eigenvalue weighted by atomic mass is 10.2. The van der Waals surface area contributed by atoms with Crippen LogP contribution in [0.5, 0.6) is 0 Å². The molecule has 0 aromatic carbocycles. The zero-order valence-electron chi connectivity index (χ0n) is 12.3. The van der Waals surface area contributed by atoms with Crippen molar-refractivity contribution in [2.24, 2.45) is 0 Å². The van der Waals surface area contributed by atoms with Gasteiger partial charge in [-0.1, -0.05) is 19.9 Å². The van der Waals surface area contributed by atoms with Crippen LogP contribution in [0.3, 0.4) is 0 Å². The molecule has 0 aliphatic carbocycles. The van der Waals surface area contributed by atoms with Crippen LogP contribution < -0.4 is 0 Å². The molecular weight excluding hydrogens is 326 g/mol. The molecule has 0 N–H and O–H groups in total. The van der Waals surface area contributed by atoms with Gasteiger partial charge in [0.1, 0.15) is 10.3 Å². The lowest BCUT2D eigenvalue weighted by Crippen LogP contribution is -2.42. The first kappa shape index (κ1) is 15.6. The quantitative estimate of drug-likeness (QED) is 0.844. The molecule has 1 aliphatic rings. The number of nitrogens with zero attached hydrogens (tertiary/aromatic N) is 3. The van der Waals surface area contributed by atoms with Gasteiger partial charge in [-0.05, 0) is 11.4 Å². The van der Waals surface area contributed by atoms with Gasteiger partial charge in [0.15, 0.2) is 0 Å². The topological polar surface area (TPSA) is 85.5 Å². The number of sulfonamides is 1. The predicted molar refractivity (Wildman–Crippen MR) is 80.2 cm³/mol. The van der Waals surface area contributed by atoms with Crippen molar-refractivity contribution in [1.29, 1.82) is 0 Å². The largest absolute Gasteiger partial charge is 0.422 e. The van der Waals surface area contributed by atoms with E-state index in [4.69, 9.17) is 9.15 Å². The SMILES string of the molecule is CC(C)c1nnc([C@@H]2CN(S(=O)(=O)c3cccs3)CCO2)o1. The van der Waals surface area contributed by atoms with Crippen LogP contribution in [0.15, 0.2) is 26.1 Å². The number of hydrogen-bond donors (Lipinski definition) is 0. The maximum atomic E-state index is 12.6. The fourth-order valence-corrected chi connectivity index (χ4v) is 4.71. The molecule has 0 bridgehead atoms. The Morgan fingerprint density at radius 3 is 2.86 bits per heavy atom. The number of morpholine rings is 1. The van der Waals surface area contributed by atoms with Crippen LogP contribution in [0.2, 0.25) is 0 Å².